The molecule has 5 nitrogen and oxygen atoms in total. The maximum atomic E-state index is 12.0. The zero-order chi connectivity index (χ0) is 19.3. The molecule has 1 aliphatic heterocycles. The second-order valence-corrected chi connectivity index (χ2v) is 8.82. The van der Waals surface area contributed by atoms with Crippen LogP contribution in [0.4, 0.5) is 4.79 Å². The van der Waals surface area contributed by atoms with Crippen LogP contribution in [-0.2, 0) is 9.47 Å². The molecule has 1 unspecified atom stereocenters. The van der Waals surface area contributed by atoms with E-state index in [9.17, 15) is 4.79 Å². The van der Waals surface area contributed by atoms with E-state index in [2.05, 4.69) is 41.0 Å². The number of ether oxygens (including phenoxy) is 2. The lowest BCUT2D eigenvalue weighted by Crippen LogP contribution is -2.47. The topological polar surface area (TPSA) is 59.6 Å². The minimum Gasteiger partial charge on any atom is -0.444 e. The SMILES string of the molecule is CC(C)(C)OC(=O)NC1CCN[C@H]1COC1CCC(c2ccccc2)CC1. The van der Waals surface area contributed by atoms with E-state index in [4.69, 9.17) is 9.47 Å². The number of amides is 1. The first kappa shape index (κ1) is 20.2. The van der Waals surface area contributed by atoms with Gasteiger partial charge in [-0.1, -0.05) is 30.3 Å². The number of benzene rings is 1. The van der Waals surface area contributed by atoms with Gasteiger partial charge in [-0.3, -0.25) is 0 Å². The molecule has 2 atom stereocenters. The normalized spacial score (nSPS) is 28.7. The Hall–Kier alpha value is -1.59. The summed E-state index contributed by atoms with van der Waals surface area (Å²) in [7, 11) is 0. The number of rotatable bonds is 5. The predicted octanol–water partition coefficient (Wildman–Crippen LogP) is 3.98. The lowest BCUT2D eigenvalue weighted by molar-refractivity contribution is 0.0101. The van der Waals surface area contributed by atoms with E-state index in [0.717, 1.165) is 25.8 Å². The fourth-order valence-electron chi connectivity index (χ4n) is 4.10. The molecule has 1 aromatic rings. The summed E-state index contributed by atoms with van der Waals surface area (Å²) in [5.41, 5.74) is 0.981. The molecule has 1 saturated carbocycles. The first-order valence-corrected chi connectivity index (χ1v) is 10.3. The summed E-state index contributed by atoms with van der Waals surface area (Å²) in [4.78, 5) is 12.0. The Labute approximate surface area is 163 Å². The van der Waals surface area contributed by atoms with Gasteiger partial charge in [0.2, 0.25) is 0 Å². The maximum Gasteiger partial charge on any atom is 0.407 e. The van der Waals surface area contributed by atoms with Crippen molar-refractivity contribution in [3.8, 4) is 0 Å². The molecule has 1 heterocycles. The van der Waals surface area contributed by atoms with Gasteiger partial charge in [-0.15, -0.1) is 0 Å². The van der Waals surface area contributed by atoms with Crippen molar-refractivity contribution in [3.05, 3.63) is 35.9 Å². The summed E-state index contributed by atoms with van der Waals surface area (Å²) in [6, 6.07) is 11.0. The summed E-state index contributed by atoms with van der Waals surface area (Å²) in [5.74, 6) is 0.664. The molecule has 150 valence electrons. The second kappa shape index (κ2) is 9.07. The van der Waals surface area contributed by atoms with Crippen LogP contribution in [0, 0.1) is 0 Å². The van der Waals surface area contributed by atoms with E-state index in [1.54, 1.807) is 0 Å². The third-order valence-electron chi connectivity index (χ3n) is 5.51. The quantitative estimate of drug-likeness (QED) is 0.818. The fraction of sp³-hybridized carbons (Fsp3) is 0.682. The van der Waals surface area contributed by atoms with E-state index >= 15 is 0 Å². The summed E-state index contributed by atoms with van der Waals surface area (Å²) in [5, 5.41) is 6.45. The van der Waals surface area contributed by atoms with Crippen molar-refractivity contribution in [2.75, 3.05) is 13.2 Å². The van der Waals surface area contributed by atoms with Gasteiger partial charge in [0, 0.05) is 0 Å². The van der Waals surface area contributed by atoms with Crippen molar-refractivity contribution < 1.29 is 14.3 Å². The molecule has 0 spiro atoms. The minimum atomic E-state index is -0.473. The van der Waals surface area contributed by atoms with E-state index in [0.29, 0.717) is 18.6 Å². The molecule has 27 heavy (non-hydrogen) atoms. The van der Waals surface area contributed by atoms with Gasteiger partial charge in [0.1, 0.15) is 5.60 Å². The van der Waals surface area contributed by atoms with Crippen LogP contribution < -0.4 is 10.6 Å². The smallest absolute Gasteiger partial charge is 0.407 e. The Morgan fingerprint density at radius 1 is 1.11 bits per heavy atom. The van der Waals surface area contributed by atoms with Crippen molar-refractivity contribution in [1.29, 1.82) is 0 Å². The average Bonchev–Trinajstić information content (AvgIpc) is 3.06. The highest BCUT2D eigenvalue weighted by Crippen LogP contribution is 2.34. The largest absolute Gasteiger partial charge is 0.444 e. The third-order valence-corrected chi connectivity index (χ3v) is 5.51. The molecule has 1 aliphatic carbocycles. The number of nitrogens with one attached hydrogen (secondary N) is 2. The van der Waals surface area contributed by atoms with Crippen LogP contribution in [0.15, 0.2) is 30.3 Å². The van der Waals surface area contributed by atoms with Gasteiger partial charge in [0.25, 0.3) is 0 Å². The van der Waals surface area contributed by atoms with Crippen LogP contribution in [0.2, 0.25) is 0 Å². The Morgan fingerprint density at radius 2 is 1.81 bits per heavy atom. The van der Waals surface area contributed by atoms with Crippen molar-refractivity contribution in [3.63, 3.8) is 0 Å². The average molecular weight is 375 g/mol. The van der Waals surface area contributed by atoms with Crippen molar-refractivity contribution in [2.24, 2.45) is 0 Å². The molecule has 2 fully saturated rings. The fourth-order valence-corrected chi connectivity index (χ4v) is 4.10. The summed E-state index contributed by atoms with van der Waals surface area (Å²) < 4.78 is 11.6. The molecule has 1 aromatic carbocycles. The highest BCUT2D eigenvalue weighted by molar-refractivity contribution is 5.68. The van der Waals surface area contributed by atoms with Gasteiger partial charge in [0.05, 0.1) is 24.8 Å². The number of hydrogen-bond acceptors (Lipinski definition) is 4. The number of carbonyl (C=O) groups excluding carboxylic acids is 1. The number of alkyl carbamates (subject to hydrolysis) is 1. The molecule has 1 saturated heterocycles. The van der Waals surface area contributed by atoms with E-state index in [-0.39, 0.29) is 18.2 Å². The Bertz CT molecular complexity index is 591. The third kappa shape index (κ3) is 6.22. The van der Waals surface area contributed by atoms with Crippen LogP contribution in [0.1, 0.15) is 64.4 Å². The molecule has 0 radical (unpaired) electrons. The first-order chi connectivity index (χ1) is 12.9. The summed E-state index contributed by atoms with van der Waals surface area (Å²) in [6.45, 7) is 7.18. The lowest BCUT2D eigenvalue weighted by atomic mass is 9.83. The Kier molecular flexibility index (Phi) is 6.77. The molecule has 1 amide bonds. The second-order valence-electron chi connectivity index (χ2n) is 8.82. The highest BCUT2D eigenvalue weighted by atomic mass is 16.6. The van der Waals surface area contributed by atoms with E-state index in [1.807, 2.05) is 20.8 Å². The zero-order valence-electron chi connectivity index (χ0n) is 16.9. The predicted molar refractivity (Wildman–Crippen MR) is 107 cm³/mol. The number of carbonyl (C=O) groups is 1. The Morgan fingerprint density at radius 3 is 2.48 bits per heavy atom. The summed E-state index contributed by atoms with van der Waals surface area (Å²) >= 11 is 0. The van der Waals surface area contributed by atoms with Gasteiger partial charge in [-0.05, 0) is 70.9 Å². The van der Waals surface area contributed by atoms with Crippen LogP contribution >= 0.6 is 0 Å². The zero-order valence-corrected chi connectivity index (χ0v) is 16.9. The standard InChI is InChI=1S/C22H34N2O3/c1-22(2,3)27-21(25)24-19-13-14-23-20(19)15-26-18-11-9-17(10-12-18)16-7-5-4-6-8-16/h4-8,17-20,23H,9-15H2,1-3H3,(H,24,25)/t17?,18?,19?,20-/m0/s1. The van der Waals surface area contributed by atoms with E-state index in [1.165, 1.54) is 18.4 Å². The molecule has 2 aliphatic rings. The lowest BCUT2D eigenvalue weighted by Gasteiger charge is -2.30. The van der Waals surface area contributed by atoms with Crippen LogP contribution in [-0.4, -0.2) is 43.0 Å². The molecule has 0 bridgehead atoms. The highest BCUT2D eigenvalue weighted by Gasteiger charge is 2.31. The Balaban J connectivity index is 1.40. The van der Waals surface area contributed by atoms with Crippen LogP contribution in [0.3, 0.4) is 0 Å². The van der Waals surface area contributed by atoms with Gasteiger partial charge in [-0.2, -0.15) is 0 Å². The molecule has 5 heteroatoms. The van der Waals surface area contributed by atoms with Crippen LogP contribution in [0.25, 0.3) is 0 Å². The molecular weight excluding hydrogens is 340 g/mol. The van der Waals surface area contributed by atoms with Gasteiger partial charge < -0.3 is 20.1 Å². The minimum absolute atomic E-state index is 0.0699. The molecular formula is C22H34N2O3. The molecule has 0 aromatic heterocycles. The molecule has 2 N–H and O–H groups in total. The van der Waals surface area contributed by atoms with Crippen molar-refractivity contribution >= 4 is 6.09 Å². The number of hydrogen-bond donors (Lipinski definition) is 2. The maximum absolute atomic E-state index is 12.0. The van der Waals surface area contributed by atoms with Crippen LogP contribution in [0.5, 0.6) is 0 Å². The first-order valence-electron chi connectivity index (χ1n) is 10.3. The van der Waals surface area contributed by atoms with Crippen molar-refractivity contribution in [1.82, 2.24) is 10.6 Å². The summed E-state index contributed by atoms with van der Waals surface area (Å²) in [6.07, 6.45) is 5.48. The van der Waals surface area contributed by atoms with E-state index < -0.39 is 5.60 Å². The van der Waals surface area contributed by atoms with Gasteiger partial charge >= 0.3 is 6.09 Å². The van der Waals surface area contributed by atoms with Crippen molar-refractivity contribution in [2.45, 2.75) is 82.6 Å². The molecule has 3 rings (SSSR count). The monoisotopic (exact) mass is 374 g/mol. The van der Waals surface area contributed by atoms with Gasteiger partial charge in [0.15, 0.2) is 0 Å². The van der Waals surface area contributed by atoms with Gasteiger partial charge in [-0.25, -0.2) is 4.79 Å².